The summed E-state index contributed by atoms with van der Waals surface area (Å²) < 4.78 is 5.81. The highest BCUT2D eigenvalue weighted by Crippen LogP contribution is 2.18. The molecule has 0 amide bonds. The van der Waals surface area contributed by atoms with Crippen molar-refractivity contribution >= 4 is 0 Å². The van der Waals surface area contributed by atoms with Crippen LogP contribution in [0.1, 0.15) is 38.4 Å². The van der Waals surface area contributed by atoms with Gasteiger partial charge in [0.2, 0.25) is 0 Å². The molecule has 2 rings (SSSR count). The van der Waals surface area contributed by atoms with Gasteiger partial charge in [-0.3, -0.25) is 4.90 Å². The quantitative estimate of drug-likeness (QED) is 0.857. The summed E-state index contributed by atoms with van der Waals surface area (Å²) in [5, 5.41) is 3.41. The van der Waals surface area contributed by atoms with E-state index >= 15 is 0 Å². The first-order valence-electron chi connectivity index (χ1n) is 7.55. The summed E-state index contributed by atoms with van der Waals surface area (Å²) in [7, 11) is 0. The van der Waals surface area contributed by atoms with Gasteiger partial charge >= 0.3 is 0 Å². The smallest absolute Gasteiger partial charge is 0.158 e. The molecule has 0 bridgehead atoms. The number of nitrogens with one attached hydrogen (secondary N) is 1. The van der Waals surface area contributed by atoms with E-state index in [-0.39, 0.29) is 6.10 Å². The average molecular weight is 278 g/mol. The van der Waals surface area contributed by atoms with E-state index in [1.807, 2.05) is 12.3 Å². The lowest BCUT2D eigenvalue weighted by molar-refractivity contribution is -0.0326. The minimum atomic E-state index is 0.00810. The van der Waals surface area contributed by atoms with Gasteiger partial charge in [0.15, 0.2) is 5.82 Å². The fourth-order valence-corrected chi connectivity index (χ4v) is 2.30. The van der Waals surface area contributed by atoms with Gasteiger partial charge in [0.05, 0.1) is 12.3 Å². The molecular formula is C15H26N4O. The Morgan fingerprint density at radius 1 is 1.50 bits per heavy atom. The summed E-state index contributed by atoms with van der Waals surface area (Å²) in [4.78, 5) is 11.4. The van der Waals surface area contributed by atoms with Crippen molar-refractivity contribution in [3.63, 3.8) is 0 Å². The number of ether oxygens (including phenoxy) is 1. The van der Waals surface area contributed by atoms with Crippen LogP contribution < -0.4 is 5.32 Å². The monoisotopic (exact) mass is 278 g/mol. The van der Waals surface area contributed by atoms with Crippen molar-refractivity contribution in [2.75, 3.05) is 32.8 Å². The number of morpholine rings is 1. The third-order valence-electron chi connectivity index (χ3n) is 3.48. The lowest BCUT2D eigenvalue weighted by Gasteiger charge is -2.31. The zero-order chi connectivity index (χ0) is 14.4. The Morgan fingerprint density at radius 3 is 3.10 bits per heavy atom. The minimum Gasteiger partial charge on any atom is -0.368 e. The minimum absolute atomic E-state index is 0.00810. The van der Waals surface area contributed by atoms with Gasteiger partial charge in [-0.05, 0) is 25.1 Å². The number of rotatable bonds is 6. The molecule has 5 heteroatoms. The standard InChI is InChI=1S/C15H26N4O/c1-4-19-7-8-20-14(11-19)15-17-6-5-13(18-15)10-16-9-12(2)3/h5-6,12,14,16H,4,7-11H2,1-3H3. The molecule has 0 aromatic carbocycles. The Morgan fingerprint density at radius 2 is 2.35 bits per heavy atom. The van der Waals surface area contributed by atoms with Gasteiger partial charge in [0.25, 0.3) is 0 Å². The molecule has 1 unspecified atom stereocenters. The van der Waals surface area contributed by atoms with Crippen LogP contribution in [0.5, 0.6) is 0 Å². The molecule has 0 spiro atoms. The molecule has 20 heavy (non-hydrogen) atoms. The van der Waals surface area contributed by atoms with Gasteiger partial charge in [-0.25, -0.2) is 9.97 Å². The van der Waals surface area contributed by atoms with Gasteiger partial charge in [0, 0.05) is 25.8 Å². The van der Waals surface area contributed by atoms with E-state index in [2.05, 4.69) is 41.0 Å². The molecule has 2 heterocycles. The maximum absolute atomic E-state index is 5.81. The van der Waals surface area contributed by atoms with Crippen LogP contribution in [-0.4, -0.2) is 47.7 Å². The lowest BCUT2D eigenvalue weighted by Crippen LogP contribution is -2.38. The molecule has 1 aromatic rings. The van der Waals surface area contributed by atoms with E-state index in [0.717, 1.165) is 50.8 Å². The Kier molecular flexibility index (Phi) is 5.88. The molecule has 5 nitrogen and oxygen atoms in total. The Hall–Kier alpha value is -1.04. The van der Waals surface area contributed by atoms with Crippen molar-refractivity contribution in [3.05, 3.63) is 23.8 Å². The van der Waals surface area contributed by atoms with Crippen LogP contribution in [0.4, 0.5) is 0 Å². The molecule has 1 aliphatic rings. The van der Waals surface area contributed by atoms with Crippen molar-refractivity contribution in [2.45, 2.75) is 33.4 Å². The van der Waals surface area contributed by atoms with Crippen LogP contribution in [0.2, 0.25) is 0 Å². The summed E-state index contributed by atoms with van der Waals surface area (Å²) in [6.07, 6.45) is 1.84. The first-order valence-corrected chi connectivity index (χ1v) is 7.55. The zero-order valence-corrected chi connectivity index (χ0v) is 12.8. The summed E-state index contributed by atoms with van der Waals surface area (Å²) in [5.41, 5.74) is 1.04. The second-order valence-electron chi connectivity index (χ2n) is 5.68. The SMILES string of the molecule is CCN1CCOC(c2nccc(CNCC(C)C)n2)C1. The normalized spacial score (nSPS) is 20.5. The molecule has 1 aliphatic heterocycles. The molecule has 1 atom stereocenters. The molecule has 1 fully saturated rings. The van der Waals surface area contributed by atoms with E-state index in [1.54, 1.807) is 0 Å². The largest absolute Gasteiger partial charge is 0.368 e. The average Bonchev–Trinajstić information content (AvgIpc) is 2.47. The van der Waals surface area contributed by atoms with Crippen LogP contribution in [0.15, 0.2) is 12.3 Å². The summed E-state index contributed by atoms with van der Waals surface area (Å²) in [5.74, 6) is 1.46. The number of aromatic nitrogens is 2. The summed E-state index contributed by atoms with van der Waals surface area (Å²) in [6.45, 7) is 12.1. The molecular weight excluding hydrogens is 252 g/mol. The van der Waals surface area contributed by atoms with Gasteiger partial charge in [-0.15, -0.1) is 0 Å². The Balaban J connectivity index is 1.94. The second-order valence-corrected chi connectivity index (χ2v) is 5.68. The second kappa shape index (κ2) is 7.67. The van der Waals surface area contributed by atoms with Crippen molar-refractivity contribution in [1.82, 2.24) is 20.2 Å². The van der Waals surface area contributed by atoms with Crippen molar-refractivity contribution in [3.8, 4) is 0 Å². The fraction of sp³-hybridized carbons (Fsp3) is 0.733. The van der Waals surface area contributed by atoms with Gasteiger partial charge in [-0.2, -0.15) is 0 Å². The van der Waals surface area contributed by atoms with Gasteiger partial charge < -0.3 is 10.1 Å². The molecule has 1 N–H and O–H groups in total. The first-order chi connectivity index (χ1) is 9.69. The Labute approximate surface area is 121 Å². The van der Waals surface area contributed by atoms with Crippen molar-refractivity contribution in [2.24, 2.45) is 5.92 Å². The molecule has 0 aliphatic carbocycles. The number of likely N-dealkylation sites (N-methyl/N-ethyl adjacent to an activating group) is 1. The number of hydrogen-bond donors (Lipinski definition) is 1. The van der Waals surface area contributed by atoms with Crippen LogP contribution in [0.25, 0.3) is 0 Å². The predicted molar refractivity (Wildman–Crippen MR) is 79.4 cm³/mol. The van der Waals surface area contributed by atoms with Crippen LogP contribution in [0.3, 0.4) is 0 Å². The third kappa shape index (κ3) is 4.51. The van der Waals surface area contributed by atoms with E-state index in [9.17, 15) is 0 Å². The van der Waals surface area contributed by atoms with E-state index in [1.165, 1.54) is 0 Å². The van der Waals surface area contributed by atoms with Gasteiger partial charge in [0.1, 0.15) is 6.10 Å². The van der Waals surface area contributed by atoms with Crippen LogP contribution >= 0.6 is 0 Å². The number of hydrogen-bond acceptors (Lipinski definition) is 5. The van der Waals surface area contributed by atoms with E-state index in [0.29, 0.717) is 5.92 Å². The highest BCUT2D eigenvalue weighted by Gasteiger charge is 2.23. The summed E-state index contributed by atoms with van der Waals surface area (Å²) in [6, 6.07) is 1.97. The maximum Gasteiger partial charge on any atom is 0.158 e. The first kappa shape index (κ1) is 15.4. The molecule has 1 saturated heterocycles. The maximum atomic E-state index is 5.81. The van der Waals surface area contributed by atoms with Crippen LogP contribution in [0, 0.1) is 5.92 Å². The molecule has 0 saturated carbocycles. The van der Waals surface area contributed by atoms with Crippen molar-refractivity contribution < 1.29 is 4.74 Å². The van der Waals surface area contributed by atoms with Gasteiger partial charge in [-0.1, -0.05) is 20.8 Å². The highest BCUT2D eigenvalue weighted by atomic mass is 16.5. The van der Waals surface area contributed by atoms with Crippen LogP contribution in [-0.2, 0) is 11.3 Å². The molecule has 1 aromatic heterocycles. The Bertz CT molecular complexity index is 411. The fourth-order valence-electron chi connectivity index (χ4n) is 2.30. The molecule has 0 radical (unpaired) electrons. The lowest BCUT2D eigenvalue weighted by atomic mass is 10.2. The topological polar surface area (TPSA) is 50.3 Å². The van der Waals surface area contributed by atoms with E-state index < -0.39 is 0 Å². The van der Waals surface area contributed by atoms with E-state index in [4.69, 9.17) is 4.74 Å². The third-order valence-corrected chi connectivity index (χ3v) is 3.48. The molecule has 112 valence electrons. The van der Waals surface area contributed by atoms with Crippen molar-refractivity contribution in [1.29, 1.82) is 0 Å². The zero-order valence-electron chi connectivity index (χ0n) is 12.8. The number of nitrogens with zero attached hydrogens (tertiary/aromatic N) is 3. The summed E-state index contributed by atoms with van der Waals surface area (Å²) >= 11 is 0. The predicted octanol–water partition coefficient (Wildman–Crippen LogP) is 1.62. The highest BCUT2D eigenvalue weighted by molar-refractivity contribution is 5.05.